The number of hydrogen-bond acceptors (Lipinski definition) is 2. The van der Waals surface area contributed by atoms with Crippen molar-refractivity contribution in [2.45, 2.75) is 6.92 Å². The molecule has 0 atom stereocenters. The molecule has 0 spiro atoms. The van der Waals surface area contributed by atoms with Gasteiger partial charge in [0.15, 0.2) is 0 Å². The van der Waals surface area contributed by atoms with Crippen molar-refractivity contribution in [1.82, 2.24) is 4.98 Å². The van der Waals surface area contributed by atoms with E-state index in [9.17, 15) is 0 Å². The molecule has 0 aliphatic carbocycles. The smallest absolute Gasteiger partial charge is 0.0273 e. The summed E-state index contributed by atoms with van der Waals surface area (Å²) in [4.78, 5) is 4.80. The Kier molecular flexibility index (Phi) is 2.93. The summed E-state index contributed by atoms with van der Waals surface area (Å²) < 4.78 is 0. The van der Waals surface area contributed by atoms with Gasteiger partial charge >= 0.3 is 0 Å². The number of nitrogens with zero attached hydrogens (tertiary/aromatic N) is 1. The fraction of sp³-hybridized carbons (Fsp3) is 0.111. The van der Waals surface area contributed by atoms with E-state index in [-0.39, 0.29) is 0 Å². The lowest BCUT2D eigenvalue weighted by Crippen LogP contribution is -1.76. The van der Waals surface area contributed by atoms with Crippen molar-refractivity contribution in [2.75, 3.05) is 0 Å². The average Bonchev–Trinajstić information content (AvgIpc) is 2.03. The first kappa shape index (κ1) is 8.08. The van der Waals surface area contributed by atoms with Crippen LogP contribution in [0, 0.1) is 0 Å². The molecule has 0 aliphatic heterocycles. The lowest BCUT2D eigenvalue weighted by atomic mass is 10.2. The Balaban J connectivity index is 2.72. The number of aromatic nitrogens is 1. The van der Waals surface area contributed by atoms with E-state index in [1.807, 2.05) is 31.2 Å². The second kappa shape index (κ2) is 3.98. The molecule has 0 unspecified atom stereocenters. The van der Waals surface area contributed by atoms with Crippen molar-refractivity contribution in [3.05, 3.63) is 36.2 Å². The van der Waals surface area contributed by atoms with Crippen molar-refractivity contribution in [3.8, 4) is 0 Å². The van der Waals surface area contributed by atoms with E-state index < -0.39 is 0 Å². The van der Waals surface area contributed by atoms with Crippen LogP contribution in [-0.2, 0) is 0 Å². The molecule has 1 heterocycles. The first-order valence-corrected chi connectivity index (χ1v) is 3.78. The van der Waals surface area contributed by atoms with Gasteiger partial charge in [-0.05, 0) is 30.7 Å². The van der Waals surface area contributed by atoms with Crippen LogP contribution in [0.4, 0.5) is 0 Å². The average molecular weight is 163 g/mol. The second-order valence-corrected chi connectivity index (χ2v) is 2.87. The predicted octanol–water partition coefficient (Wildman–Crippen LogP) is 2.48. The Morgan fingerprint density at radius 2 is 2.09 bits per heavy atom. The number of hydrogen-bond donors (Lipinski definition) is 0. The monoisotopic (exact) mass is 163 g/mol. The van der Waals surface area contributed by atoms with E-state index >= 15 is 0 Å². The van der Waals surface area contributed by atoms with Crippen molar-refractivity contribution < 1.29 is 0 Å². The summed E-state index contributed by atoms with van der Waals surface area (Å²) in [5, 5.41) is 0. The zero-order chi connectivity index (χ0) is 8.10. The van der Waals surface area contributed by atoms with Gasteiger partial charge in [0, 0.05) is 17.3 Å². The molecule has 56 valence electrons. The highest BCUT2D eigenvalue weighted by Gasteiger charge is 1.82. The molecule has 0 saturated carbocycles. The van der Waals surface area contributed by atoms with Crippen LogP contribution in [0.1, 0.15) is 12.5 Å². The maximum atomic E-state index is 4.89. The SMILES string of the molecule is CC(=S)/C=C/c1ccncc1. The summed E-state index contributed by atoms with van der Waals surface area (Å²) in [6, 6.07) is 3.88. The zero-order valence-corrected chi connectivity index (χ0v) is 7.14. The molecule has 0 aromatic carbocycles. The van der Waals surface area contributed by atoms with Crippen LogP contribution in [-0.4, -0.2) is 9.85 Å². The van der Waals surface area contributed by atoms with Crippen molar-refractivity contribution >= 4 is 23.2 Å². The molecule has 0 aliphatic rings. The molecule has 0 amide bonds. The number of pyridine rings is 1. The first-order valence-electron chi connectivity index (χ1n) is 3.38. The highest BCUT2D eigenvalue weighted by molar-refractivity contribution is 7.80. The minimum absolute atomic E-state index is 0.891. The van der Waals surface area contributed by atoms with Crippen LogP contribution in [0.5, 0.6) is 0 Å². The quantitative estimate of drug-likeness (QED) is 0.490. The summed E-state index contributed by atoms with van der Waals surface area (Å²) in [7, 11) is 0. The third-order valence-corrected chi connectivity index (χ3v) is 1.35. The van der Waals surface area contributed by atoms with Crippen molar-refractivity contribution in [3.63, 3.8) is 0 Å². The molecule has 1 aromatic rings. The Morgan fingerprint density at radius 1 is 1.45 bits per heavy atom. The highest BCUT2D eigenvalue weighted by Crippen LogP contribution is 1.98. The zero-order valence-electron chi connectivity index (χ0n) is 6.32. The van der Waals surface area contributed by atoms with Crippen LogP contribution in [0.3, 0.4) is 0 Å². The summed E-state index contributed by atoms with van der Waals surface area (Å²) in [5.41, 5.74) is 1.13. The predicted molar refractivity (Wildman–Crippen MR) is 51.5 cm³/mol. The van der Waals surface area contributed by atoms with Crippen molar-refractivity contribution in [2.24, 2.45) is 0 Å². The maximum absolute atomic E-state index is 4.89. The van der Waals surface area contributed by atoms with Gasteiger partial charge in [-0.25, -0.2) is 0 Å². The van der Waals surface area contributed by atoms with Gasteiger partial charge in [-0.1, -0.05) is 18.3 Å². The van der Waals surface area contributed by atoms with Gasteiger partial charge in [-0.2, -0.15) is 0 Å². The normalized spacial score (nSPS) is 10.3. The van der Waals surface area contributed by atoms with Gasteiger partial charge in [0.1, 0.15) is 0 Å². The van der Waals surface area contributed by atoms with E-state index in [0.717, 1.165) is 10.4 Å². The fourth-order valence-corrected chi connectivity index (χ4v) is 0.756. The third-order valence-electron chi connectivity index (χ3n) is 1.22. The van der Waals surface area contributed by atoms with Gasteiger partial charge in [0.2, 0.25) is 0 Å². The van der Waals surface area contributed by atoms with Crippen LogP contribution in [0.15, 0.2) is 30.6 Å². The van der Waals surface area contributed by atoms with E-state index in [1.165, 1.54) is 0 Å². The van der Waals surface area contributed by atoms with E-state index in [2.05, 4.69) is 4.98 Å². The number of thiocarbonyl (C=S) groups is 1. The molecule has 0 N–H and O–H groups in total. The van der Waals surface area contributed by atoms with Gasteiger partial charge in [0.25, 0.3) is 0 Å². The molecular weight excluding hydrogens is 154 g/mol. The highest BCUT2D eigenvalue weighted by atomic mass is 32.1. The standard InChI is InChI=1S/C9H9NS/c1-8(11)2-3-9-4-6-10-7-5-9/h2-7H,1H3/b3-2+. The minimum Gasteiger partial charge on any atom is -0.265 e. The summed E-state index contributed by atoms with van der Waals surface area (Å²) >= 11 is 4.89. The van der Waals surface area contributed by atoms with E-state index in [0.29, 0.717) is 0 Å². The summed E-state index contributed by atoms with van der Waals surface area (Å²) in [5.74, 6) is 0. The van der Waals surface area contributed by atoms with Crippen molar-refractivity contribution in [1.29, 1.82) is 0 Å². The molecule has 0 saturated heterocycles. The van der Waals surface area contributed by atoms with Crippen LogP contribution < -0.4 is 0 Å². The van der Waals surface area contributed by atoms with Crippen LogP contribution in [0.2, 0.25) is 0 Å². The fourth-order valence-electron chi connectivity index (χ4n) is 0.688. The third kappa shape index (κ3) is 3.05. The number of rotatable bonds is 2. The molecular formula is C9H9NS. The van der Waals surface area contributed by atoms with Gasteiger partial charge in [-0.15, -0.1) is 0 Å². The molecule has 11 heavy (non-hydrogen) atoms. The minimum atomic E-state index is 0.891. The Hall–Kier alpha value is -1.02. The topological polar surface area (TPSA) is 12.9 Å². The molecule has 1 aromatic heterocycles. The molecule has 1 rings (SSSR count). The number of allylic oxidation sites excluding steroid dienone is 1. The molecule has 2 heteroatoms. The Bertz CT molecular complexity index is 264. The summed E-state index contributed by atoms with van der Waals surface area (Å²) in [6.45, 7) is 1.90. The van der Waals surface area contributed by atoms with Crippen LogP contribution in [0.25, 0.3) is 6.08 Å². The molecule has 0 radical (unpaired) electrons. The first-order chi connectivity index (χ1) is 5.29. The van der Waals surface area contributed by atoms with Gasteiger partial charge < -0.3 is 0 Å². The Morgan fingerprint density at radius 3 is 2.64 bits per heavy atom. The van der Waals surface area contributed by atoms with Gasteiger partial charge in [0.05, 0.1) is 0 Å². The maximum Gasteiger partial charge on any atom is 0.0273 e. The molecule has 0 fully saturated rings. The van der Waals surface area contributed by atoms with E-state index in [1.54, 1.807) is 12.4 Å². The Labute approximate surface area is 71.8 Å². The van der Waals surface area contributed by atoms with Gasteiger partial charge in [-0.3, -0.25) is 4.98 Å². The van der Waals surface area contributed by atoms with Crippen LogP contribution >= 0.6 is 12.2 Å². The van der Waals surface area contributed by atoms with E-state index in [4.69, 9.17) is 12.2 Å². The largest absolute Gasteiger partial charge is 0.265 e. The lowest BCUT2D eigenvalue weighted by molar-refractivity contribution is 1.32. The second-order valence-electron chi connectivity index (χ2n) is 2.22. The molecule has 0 bridgehead atoms. The molecule has 1 nitrogen and oxygen atoms in total. The lowest BCUT2D eigenvalue weighted by Gasteiger charge is -1.88. The summed E-state index contributed by atoms with van der Waals surface area (Å²) in [6.07, 6.45) is 7.41.